The van der Waals surface area contributed by atoms with E-state index in [9.17, 15) is 13.5 Å². The molecule has 1 aliphatic rings. The summed E-state index contributed by atoms with van der Waals surface area (Å²) >= 11 is 1.28. The first-order valence-electron chi connectivity index (χ1n) is 8.65. The summed E-state index contributed by atoms with van der Waals surface area (Å²) in [6, 6.07) is 9.72. The topological polar surface area (TPSA) is 96.3 Å². The fourth-order valence-electron chi connectivity index (χ4n) is 3.43. The smallest absolute Gasteiger partial charge is 0.159 e. The van der Waals surface area contributed by atoms with Crippen molar-refractivity contribution in [2.24, 2.45) is 0 Å². The van der Waals surface area contributed by atoms with Crippen LogP contribution in [0.3, 0.4) is 0 Å². The van der Waals surface area contributed by atoms with Crippen LogP contribution in [0.4, 0.5) is 5.82 Å². The van der Waals surface area contributed by atoms with Gasteiger partial charge in [-0.1, -0.05) is 41.7 Å². The molecule has 1 aliphatic heterocycles. The summed E-state index contributed by atoms with van der Waals surface area (Å²) in [6.45, 7) is 1.27. The lowest BCUT2D eigenvalue weighted by molar-refractivity contribution is 0.0117. The summed E-state index contributed by atoms with van der Waals surface area (Å²) in [5.41, 5.74) is 0.723. The van der Waals surface area contributed by atoms with Crippen LogP contribution in [0, 0.1) is 0 Å². The third-order valence-corrected chi connectivity index (χ3v) is 6.75. The molecule has 1 N–H and O–H groups in total. The average Bonchev–Trinajstić information content (AvgIpc) is 3.03. The number of thiazole rings is 1. The minimum absolute atomic E-state index is 0.0960. The van der Waals surface area contributed by atoms with Gasteiger partial charge in [-0.3, -0.25) is 0 Å². The van der Waals surface area contributed by atoms with E-state index >= 15 is 0 Å². The van der Waals surface area contributed by atoms with Crippen LogP contribution in [-0.2, 0) is 21.2 Å². The molecule has 1 saturated heterocycles. The zero-order chi connectivity index (χ0) is 19.1. The Labute approximate surface area is 161 Å². The van der Waals surface area contributed by atoms with Crippen LogP contribution in [0.1, 0.15) is 23.4 Å². The lowest BCUT2D eigenvalue weighted by atomic mass is 9.84. The van der Waals surface area contributed by atoms with E-state index in [1.807, 2.05) is 30.3 Å². The molecule has 0 amide bonds. The van der Waals surface area contributed by atoms with Gasteiger partial charge in [-0.25, -0.2) is 23.4 Å². The van der Waals surface area contributed by atoms with Crippen molar-refractivity contribution < 1.29 is 13.5 Å². The van der Waals surface area contributed by atoms with Gasteiger partial charge in [0.15, 0.2) is 15.7 Å². The van der Waals surface area contributed by atoms with Crippen LogP contribution < -0.4 is 4.90 Å². The Kier molecular flexibility index (Phi) is 4.61. The summed E-state index contributed by atoms with van der Waals surface area (Å²) in [7, 11) is -3.16. The molecule has 7 nitrogen and oxygen atoms in total. The standard InChI is InChI=1S/C18H20N4O3S2/c1-27(24,25)11-14-21-15-16(19-12-20-17(15)26-14)22-9-7-18(23,8-10-22)13-5-3-2-4-6-13/h2-6,12,23H,7-11H2,1H3. The maximum Gasteiger partial charge on any atom is 0.159 e. The van der Waals surface area contributed by atoms with Gasteiger partial charge in [0.05, 0.1) is 5.60 Å². The fraction of sp³-hybridized carbons (Fsp3) is 0.389. The molecule has 1 fully saturated rings. The molecule has 0 saturated carbocycles. The number of fused-ring (bicyclic) bond motifs is 1. The van der Waals surface area contributed by atoms with Crippen molar-refractivity contribution >= 4 is 37.3 Å². The van der Waals surface area contributed by atoms with Crippen LogP contribution in [0.15, 0.2) is 36.7 Å². The number of aliphatic hydroxyl groups is 1. The van der Waals surface area contributed by atoms with E-state index in [0.29, 0.717) is 47.1 Å². The van der Waals surface area contributed by atoms with E-state index in [1.54, 1.807) is 0 Å². The van der Waals surface area contributed by atoms with Crippen LogP contribution >= 0.6 is 11.3 Å². The third-order valence-electron chi connectivity index (χ3n) is 4.81. The zero-order valence-electron chi connectivity index (χ0n) is 14.9. The quantitative estimate of drug-likeness (QED) is 0.711. The number of nitrogens with zero attached hydrogens (tertiary/aromatic N) is 4. The molecule has 142 valence electrons. The SMILES string of the molecule is CS(=O)(=O)Cc1nc2c(N3CCC(O)(c4ccccc4)CC3)ncnc2s1. The van der Waals surface area contributed by atoms with E-state index in [1.165, 1.54) is 23.9 Å². The number of aromatic nitrogens is 3. The predicted octanol–water partition coefficient (Wildman–Crippen LogP) is 2.12. The molecule has 0 atom stereocenters. The summed E-state index contributed by atoms with van der Waals surface area (Å²) in [6.07, 6.45) is 3.85. The van der Waals surface area contributed by atoms with E-state index in [2.05, 4.69) is 19.9 Å². The molecule has 2 aromatic heterocycles. The van der Waals surface area contributed by atoms with E-state index in [-0.39, 0.29) is 5.75 Å². The molecule has 1 aromatic carbocycles. The zero-order valence-corrected chi connectivity index (χ0v) is 16.5. The first kappa shape index (κ1) is 18.3. The minimum Gasteiger partial charge on any atom is -0.385 e. The second kappa shape index (κ2) is 6.81. The first-order chi connectivity index (χ1) is 12.8. The van der Waals surface area contributed by atoms with Crippen LogP contribution in [0.5, 0.6) is 0 Å². The normalized spacial score (nSPS) is 17.3. The van der Waals surface area contributed by atoms with Gasteiger partial charge < -0.3 is 10.0 Å². The van der Waals surface area contributed by atoms with E-state index in [0.717, 1.165) is 5.56 Å². The number of hydrogen-bond donors (Lipinski definition) is 1. The second-order valence-electron chi connectivity index (χ2n) is 6.91. The van der Waals surface area contributed by atoms with Gasteiger partial charge in [-0.05, 0) is 18.4 Å². The van der Waals surface area contributed by atoms with Crippen LogP contribution in [0.2, 0.25) is 0 Å². The molecule has 0 radical (unpaired) electrons. The highest BCUT2D eigenvalue weighted by Gasteiger charge is 2.35. The summed E-state index contributed by atoms with van der Waals surface area (Å²) < 4.78 is 23.1. The predicted molar refractivity (Wildman–Crippen MR) is 106 cm³/mol. The van der Waals surface area contributed by atoms with Crippen molar-refractivity contribution in [3.8, 4) is 0 Å². The molecule has 0 unspecified atom stereocenters. The number of piperidine rings is 1. The molecule has 4 rings (SSSR count). The van der Waals surface area contributed by atoms with Gasteiger partial charge in [-0.15, -0.1) is 0 Å². The Morgan fingerprint density at radius 1 is 1.19 bits per heavy atom. The Morgan fingerprint density at radius 2 is 1.89 bits per heavy atom. The van der Waals surface area contributed by atoms with E-state index < -0.39 is 15.4 Å². The van der Waals surface area contributed by atoms with Crippen molar-refractivity contribution in [2.75, 3.05) is 24.2 Å². The molecule has 0 spiro atoms. The molecule has 9 heteroatoms. The highest BCUT2D eigenvalue weighted by atomic mass is 32.2. The van der Waals surface area contributed by atoms with Crippen molar-refractivity contribution in [3.63, 3.8) is 0 Å². The molecule has 3 aromatic rings. The fourth-order valence-corrected chi connectivity index (χ4v) is 5.51. The average molecular weight is 405 g/mol. The van der Waals surface area contributed by atoms with Crippen molar-refractivity contribution in [1.82, 2.24) is 15.0 Å². The van der Waals surface area contributed by atoms with Crippen molar-refractivity contribution in [1.29, 1.82) is 0 Å². The minimum atomic E-state index is -3.16. The van der Waals surface area contributed by atoms with Gasteiger partial charge in [-0.2, -0.15) is 0 Å². The number of sulfone groups is 1. The number of rotatable bonds is 4. The monoisotopic (exact) mass is 404 g/mol. The van der Waals surface area contributed by atoms with E-state index in [4.69, 9.17) is 0 Å². The highest BCUT2D eigenvalue weighted by Crippen LogP contribution is 2.36. The third kappa shape index (κ3) is 3.80. The van der Waals surface area contributed by atoms with Gasteiger partial charge in [0.1, 0.15) is 27.4 Å². The lowest BCUT2D eigenvalue weighted by Crippen LogP contribution is -2.43. The van der Waals surface area contributed by atoms with Gasteiger partial charge in [0.25, 0.3) is 0 Å². The number of anilines is 1. The van der Waals surface area contributed by atoms with Crippen molar-refractivity contribution in [2.45, 2.75) is 24.2 Å². The molecule has 27 heavy (non-hydrogen) atoms. The van der Waals surface area contributed by atoms with Gasteiger partial charge in [0, 0.05) is 19.3 Å². The lowest BCUT2D eigenvalue weighted by Gasteiger charge is -2.39. The largest absolute Gasteiger partial charge is 0.385 e. The molecule has 0 bridgehead atoms. The molecule has 0 aliphatic carbocycles. The highest BCUT2D eigenvalue weighted by molar-refractivity contribution is 7.90. The van der Waals surface area contributed by atoms with Crippen molar-refractivity contribution in [3.05, 3.63) is 47.2 Å². The van der Waals surface area contributed by atoms with Crippen LogP contribution in [-0.4, -0.2) is 47.8 Å². The van der Waals surface area contributed by atoms with Gasteiger partial charge in [0.2, 0.25) is 0 Å². The number of hydrogen-bond acceptors (Lipinski definition) is 8. The Hall–Kier alpha value is -2.10. The summed E-state index contributed by atoms with van der Waals surface area (Å²) in [5.74, 6) is 0.604. The number of benzene rings is 1. The van der Waals surface area contributed by atoms with Crippen LogP contribution in [0.25, 0.3) is 10.3 Å². The molecule has 3 heterocycles. The Morgan fingerprint density at radius 3 is 2.56 bits per heavy atom. The first-order valence-corrected chi connectivity index (χ1v) is 11.5. The Balaban J connectivity index is 1.59. The summed E-state index contributed by atoms with van der Waals surface area (Å²) in [4.78, 5) is 15.9. The summed E-state index contributed by atoms with van der Waals surface area (Å²) in [5, 5.41) is 11.5. The Bertz CT molecular complexity index is 1060. The molecular weight excluding hydrogens is 384 g/mol. The molecular formula is C18H20N4O3S2. The maximum absolute atomic E-state index is 11.6. The maximum atomic E-state index is 11.6. The second-order valence-corrected chi connectivity index (χ2v) is 10.1. The van der Waals surface area contributed by atoms with Gasteiger partial charge >= 0.3 is 0 Å².